The zero-order valence-corrected chi connectivity index (χ0v) is 16.8. The van der Waals surface area contributed by atoms with E-state index >= 15 is 0 Å². The Morgan fingerprint density at radius 1 is 1.23 bits per heavy atom. The molecule has 1 aliphatic carbocycles. The van der Waals surface area contributed by atoms with Crippen molar-refractivity contribution in [1.82, 2.24) is 0 Å². The van der Waals surface area contributed by atoms with Crippen molar-refractivity contribution in [1.29, 1.82) is 0 Å². The number of benzene rings is 1. The lowest BCUT2D eigenvalue weighted by Gasteiger charge is -2.39. The summed E-state index contributed by atoms with van der Waals surface area (Å²) >= 11 is 0. The van der Waals surface area contributed by atoms with Crippen LogP contribution in [0.4, 0.5) is 0 Å². The number of ether oxygens (including phenoxy) is 1. The number of hydrogen-bond donors (Lipinski definition) is 0. The van der Waals surface area contributed by atoms with Crippen molar-refractivity contribution in [3.63, 3.8) is 0 Å². The summed E-state index contributed by atoms with van der Waals surface area (Å²) in [5, 5.41) is 0. The van der Waals surface area contributed by atoms with Gasteiger partial charge < -0.3 is 4.74 Å². The molecule has 0 spiro atoms. The molecule has 26 heavy (non-hydrogen) atoms. The van der Waals surface area contributed by atoms with Crippen LogP contribution in [0, 0.1) is 23.2 Å². The fraction of sp³-hybridized carbons (Fsp3) is 0.565. The van der Waals surface area contributed by atoms with Gasteiger partial charge in [0.15, 0.2) is 5.78 Å². The van der Waals surface area contributed by atoms with E-state index in [1.165, 1.54) is 0 Å². The van der Waals surface area contributed by atoms with Crippen LogP contribution in [-0.4, -0.2) is 18.7 Å². The van der Waals surface area contributed by atoms with E-state index < -0.39 is 0 Å². The quantitative estimate of drug-likeness (QED) is 0.479. The largest absolute Gasteiger partial charge is 0.497 e. The molecule has 0 aromatic heterocycles. The summed E-state index contributed by atoms with van der Waals surface area (Å²) in [5.41, 5.74) is 1.70. The van der Waals surface area contributed by atoms with Gasteiger partial charge in [-0.2, -0.15) is 0 Å². The highest BCUT2D eigenvalue weighted by Gasteiger charge is 2.40. The fourth-order valence-corrected chi connectivity index (χ4v) is 4.16. The topological polar surface area (TPSA) is 43.4 Å². The highest BCUT2D eigenvalue weighted by molar-refractivity contribution is 5.98. The minimum atomic E-state index is -0.202. The predicted molar refractivity (Wildman–Crippen MR) is 106 cm³/mol. The smallest absolute Gasteiger partial charge is 0.165 e. The molecule has 0 aliphatic heterocycles. The number of methoxy groups -OCH3 is 1. The molecule has 0 N–H and O–H groups in total. The number of hydrogen-bond acceptors (Lipinski definition) is 3. The Hall–Kier alpha value is -1.90. The van der Waals surface area contributed by atoms with E-state index in [1.54, 1.807) is 31.4 Å². The molecule has 0 amide bonds. The number of carbonyl (C=O) groups is 2. The van der Waals surface area contributed by atoms with Gasteiger partial charge >= 0.3 is 0 Å². The molecule has 1 fully saturated rings. The van der Waals surface area contributed by atoms with Crippen LogP contribution < -0.4 is 4.74 Å². The molecule has 1 saturated carbocycles. The average Bonchev–Trinajstić information content (AvgIpc) is 2.59. The zero-order valence-electron chi connectivity index (χ0n) is 16.8. The molecule has 0 saturated heterocycles. The maximum Gasteiger partial charge on any atom is 0.165 e. The molecule has 3 atom stereocenters. The predicted octanol–water partition coefficient (Wildman–Crippen LogP) is 5.49. The molecule has 142 valence electrons. The van der Waals surface area contributed by atoms with Gasteiger partial charge in [0.25, 0.3) is 0 Å². The van der Waals surface area contributed by atoms with E-state index in [0.717, 1.165) is 30.6 Å². The number of carbonyl (C=O) groups excluding carboxylic acids is 2. The summed E-state index contributed by atoms with van der Waals surface area (Å²) in [4.78, 5) is 25.8. The normalized spacial score (nSPS) is 21.7. The first-order valence-electron chi connectivity index (χ1n) is 9.56. The van der Waals surface area contributed by atoms with E-state index in [1.807, 2.05) is 13.8 Å². The van der Waals surface area contributed by atoms with Gasteiger partial charge in [0.05, 0.1) is 7.11 Å². The van der Waals surface area contributed by atoms with E-state index in [0.29, 0.717) is 12.0 Å². The number of Topliss-reactive ketones (excluding diaryl/α,β-unsaturated/α-hetero) is 2. The van der Waals surface area contributed by atoms with Gasteiger partial charge in [-0.05, 0) is 54.9 Å². The second-order valence-electron chi connectivity index (χ2n) is 8.46. The third kappa shape index (κ3) is 4.44. The van der Waals surface area contributed by atoms with Crippen LogP contribution in [0.25, 0.3) is 0 Å². The van der Waals surface area contributed by atoms with Crippen LogP contribution in [0.1, 0.15) is 63.7 Å². The van der Waals surface area contributed by atoms with E-state index in [-0.39, 0.29) is 34.7 Å². The summed E-state index contributed by atoms with van der Waals surface area (Å²) in [6.45, 7) is 12.4. The molecule has 0 bridgehead atoms. The molecule has 2 rings (SSSR count). The van der Waals surface area contributed by atoms with Crippen LogP contribution in [0.5, 0.6) is 5.75 Å². The van der Waals surface area contributed by atoms with E-state index in [4.69, 9.17) is 4.74 Å². The fourth-order valence-electron chi connectivity index (χ4n) is 4.16. The van der Waals surface area contributed by atoms with Gasteiger partial charge in [-0.3, -0.25) is 9.59 Å². The lowest BCUT2D eigenvalue weighted by Crippen LogP contribution is -2.37. The number of allylic oxidation sites excluding steroid dienone is 1. The van der Waals surface area contributed by atoms with Gasteiger partial charge in [-0.15, -0.1) is 0 Å². The van der Waals surface area contributed by atoms with Gasteiger partial charge in [0, 0.05) is 23.8 Å². The summed E-state index contributed by atoms with van der Waals surface area (Å²) in [6.07, 6.45) is 3.53. The van der Waals surface area contributed by atoms with Crippen molar-refractivity contribution < 1.29 is 14.3 Å². The van der Waals surface area contributed by atoms with Crippen LogP contribution in [0.2, 0.25) is 0 Å². The van der Waals surface area contributed by atoms with Crippen LogP contribution >= 0.6 is 0 Å². The van der Waals surface area contributed by atoms with Crippen molar-refractivity contribution in [2.24, 2.45) is 23.2 Å². The first-order chi connectivity index (χ1) is 12.2. The summed E-state index contributed by atoms with van der Waals surface area (Å²) < 4.78 is 5.14. The summed E-state index contributed by atoms with van der Waals surface area (Å²) in [6, 6.07) is 7.17. The first-order valence-corrected chi connectivity index (χ1v) is 9.56. The minimum Gasteiger partial charge on any atom is -0.497 e. The van der Waals surface area contributed by atoms with Gasteiger partial charge in [0.2, 0.25) is 0 Å². The van der Waals surface area contributed by atoms with Gasteiger partial charge in [-0.1, -0.05) is 39.8 Å². The van der Waals surface area contributed by atoms with E-state index in [2.05, 4.69) is 20.4 Å². The third-order valence-electron chi connectivity index (χ3n) is 6.00. The highest BCUT2D eigenvalue weighted by atomic mass is 16.5. The molecule has 0 radical (unpaired) electrons. The Bertz CT molecular complexity index is 669. The van der Waals surface area contributed by atoms with Crippen LogP contribution in [0.15, 0.2) is 36.4 Å². The number of ketones is 2. The molecule has 1 aromatic rings. The molecule has 3 unspecified atom stereocenters. The molecular formula is C23H32O3. The monoisotopic (exact) mass is 356 g/mol. The maximum atomic E-state index is 13.0. The Morgan fingerprint density at radius 3 is 2.38 bits per heavy atom. The zero-order chi connectivity index (χ0) is 19.5. The van der Waals surface area contributed by atoms with Crippen molar-refractivity contribution >= 4 is 11.6 Å². The van der Waals surface area contributed by atoms with Crippen LogP contribution in [-0.2, 0) is 4.79 Å². The molecular weight excluding hydrogens is 324 g/mol. The standard InChI is InChI=1S/C23H32O3/c1-15-8-7-13-23(4,5)21(15)20(24)14-16(2)17(3)22(25)18-9-11-19(26-6)12-10-18/h9-12,16-17,21H,1,7-8,13-14H2,2-6H3. The molecule has 0 heterocycles. The lowest BCUT2D eigenvalue weighted by molar-refractivity contribution is -0.126. The van der Waals surface area contributed by atoms with E-state index in [9.17, 15) is 9.59 Å². The Kier molecular flexibility index (Phi) is 6.44. The molecule has 3 nitrogen and oxygen atoms in total. The second kappa shape index (κ2) is 8.20. The van der Waals surface area contributed by atoms with Crippen molar-refractivity contribution in [2.45, 2.75) is 53.4 Å². The number of rotatable bonds is 7. The second-order valence-corrected chi connectivity index (χ2v) is 8.46. The Morgan fingerprint density at radius 2 is 1.85 bits per heavy atom. The molecule has 1 aromatic carbocycles. The minimum absolute atomic E-state index is 0.00243. The Balaban J connectivity index is 2.05. The first kappa shape index (κ1) is 20.4. The molecule has 1 aliphatic rings. The van der Waals surface area contributed by atoms with Gasteiger partial charge in [0.1, 0.15) is 11.5 Å². The maximum absolute atomic E-state index is 13.0. The third-order valence-corrected chi connectivity index (χ3v) is 6.00. The average molecular weight is 357 g/mol. The SMILES string of the molecule is C=C1CCCC(C)(C)C1C(=O)CC(C)C(C)C(=O)c1ccc(OC)cc1. The van der Waals surface area contributed by atoms with Crippen molar-refractivity contribution in [3.8, 4) is 5.75 Å². The van der Waals surface area contributed by atoms with Crippen molar-refractivity contribution in [3.05, 3.63) is 42.0 Å². The van der Waals surface area contributed by atoms with Crippen molar-refractivity contribution in [2.75, 3.05) is 7.11 Å². The Labute approximate surface area is 157 Å². The van der Waals surface area contributed by atoms with Crippen LogP contribution in [0.3, 0.4) is 0 Å². The summed E-state index contributed by atoms with van der Waals surface area (Å²) in [7, 11) is 1.60. The summed E-state index contributed by atoms with van der Waals surface area (Å²) in [5.74, 6) is 0.767. The highest BCUT2D eigenvalue weighted by Crippen LogP contribution is 2.44. The lowest BCUT2D eigenvalue weighted by atomic mass is 9.64. The van der Waals surface area contributed by atoms with Gasteiger partial charge in [-0.25, -0.2) is 0 Å². The molecule has 3 heteroatoms.